The second-order valence-corrected chi connectivity index (χ2v) is 7.01. The summed E-state index contributed by atoms with van der Waals surface area (Å²) in [7, 11) is 1.43. The second kappa shape index (κ2) is 11.8. The molecule has 0 aliphatic rings. The number of anilines is 1. The maximum absolute atomic E-state index is 12.1. The first-order chi connectivity index (χ1) is 14.4. The van der Waals surface area contributed by atoms with Gasteiger partial charge in [-0.05, 0) is 43.4 Å². The number of carbonyl (C=O) groups is 1. The number of benzene rings is 2. The minimum Gasteiger partial charge on any atom is -0.479 e. The van der Waals surface area contributed by atoms with Crippen LogP contribution in [0.25, 0.3) is 0 Å². The summed E-state index contributed by atoms with van der Waals surface area (Å²) in [6.07, 6.45) is 3.00. The van der Waals surface area contributed by atoms with Crippen LogP contribution in [-0.2, 0) is 22.6 Å². The second-order valence-electron chi connectivity index (χ2n) is 7.01. The lowest BCUT2D eigenvalue weighted by atomic mass is 10.1. The van der Waals surface area contributed by atoms with Gasteiger partial charge in [0.15, 0.2) is 0 Å². The van der Waals surface area contributed by atoms with E-state index in [-0.39, 0.29) is 6.61 Å². The molecule has 30 heavy (non-hydrogen) atoms. The molecule has 0 atom stereocenters. The van der Waals surface area contributed by atoms with Crippen molar-refractivity contribution in [3.63, 3.8) is 0 Å². The molecular weight excluding hydrogens is 382 g/mol. The molecule has 0 aromatic heterocycles. The number of hydrogen-bond donors (Lipinski definition) is 2. The van der Waals surface area contributed by atoms with Gasteiger partial charge in [-0.3, -0.25) is 5.01 Å². The Hall–Kier alpha value is -3.10. The molecule has 0 saturated carbocycles. The Bertz CT molecular complexity index is 840. The van der Waals surface area contributed by atoms with Crippen molar-refractivity contribution in [2.45, 2.75) is 39.7 Å². The van der Waals surface area contributed by atoms with Gasteiger partial charge >= 0.3 is 6.03 Å². The van der Waals surface area contributed by atoms with Crippen molar-refractivity contribution in [2.75, 3.05) is 18.7 Å². The highest BCUT2D eigenvalue weighted by atomic mass is 16.6. The lowest BCUT2D eigenvalue weighted by Gasteiger charge is -2.23. The van der Waals surface area contributed by atoms with Gasteiger partial charge in [0.05, 0.1) is 12.3 Å². The fourth-order valence-electron chi connectivity index (χ4n) is 2.88. The van der Waals surface area contributed by atoms with Gasteiger partial charge < -0.3 is 9.57 Å². The molecule has 4 N–H and O–H groups in total. The number of hydrogen-bond acceptors (Lipinski definition) is 6. The van der Waals surface area contributed by atoms with Gasteiger partial charge in [0, 0.05) is 19.5 Å². The highest BCUT2D eigenvalue weighted by Gasteiger charge is 2.18. The van der Waals surface area contributed by atoms with Gasteiger partial charge in [-0.15, -0.1) is 0 Å². The molecule has 8 nitrogen and oxygen atoms in total. The summed E-state index contributed by atoms with van der Waals surface area (Å²) in [5.74, 6) is 11.9. The summed E-state index contributed by atoms with van der Waals surface area (Å²) in [6.45, 7) is 4.38. The van der Waals surface area contributed by atoms with Crippen LogP contribution in [0.3, 0.4) is 0 Å². The summed E-state index contributed by atoms with van der Waals surface area (Å²) >= 11 is 0. The van der Waals surface area contributed by atoms with E-state index in [1.54, 1.807) is 13.0 Å². The largest absolute Gasteiger partial charge is 0.479 e. The molecular formula is C22H31N5O3. The summed E-state index contributed by atoms with van der Waals surface area (Å²) in [4.78, 5) is 17.5. The molecule has 0 bridgehead atoms. The number of carbonyl (C=O) groups excluding carboxylic acids is 1. The molecule has 2 aromatic carbocycles. The van der Waals surface area contributed by atoms with Crippen molar-refractivity contribution in [1.82, 2.24) is 5.01 Å². The molecule has 2 rings (SSSR count). The van der Waals surface area contributed by atoms with Gasteiger partial charge in [-0.2, -0.15) is 0 Å². The first-order valence-electron chi connectivity index (χ1n) is 9.89. The van der Waals surface area contributed by atoms with Crippen LogP contribution in [0.1, 0.15) is 36.5 Å². The lowest BCUT2D eigenvalue weighted by Crippen LogP contribution is -2.49. The minimum atomic E-state index is -0.541. The van der Waals surface area contributed by atoms with Crippen LogP contribution < -0.4 is 16.7 Å². The first-order valence-corrected chi connectivity index (χ1v) is 9.89. The van der Waals surface area contributed by atoms with E-state index in [0.717, 1.165) is 40.4 Å². The van der Waals surface area contributed by atoms with Crippen molar-refractivity contribution >= 4 is 17.6 Å². The van der Waals surface area contributed by atoms with E-state index in [1.165, 1.54) is 12.6 Å². The number of unbranched alkanes of at least 4 members (excludes halogenated alkanes) is 1. The van der Waals surface area contributed by atoms with Crippen LogP contribution in [-0.4, -0.2) is 30.6 Å². The van der Waals surface area contributed by atoms with Gasteiger partial charge in [0.1, 0.15) is 6.61 Å². The zero-order valence-corrected chi connectivity index (χ0v) is 17.9. The molecule has 0 spiro atoms. The molecule has 0 fully saturated rings. The molecule has 0 unspecified atom stereocenters. The minimum absolute atomic E-state index is 0.145. The third-order valence-electron chi connectivity index (χ3n) is 4.57. The fourth-order valence-corrected chi connectivity index (χ4v) is 2.88. The normalized spacial score (nSPS) is 11.2. The quantitative estimate of drug-likeness (QED) is 0.163. The predicted molar refractivity (Wildman–Crippen MR) is 118 cm³/mol. The smallest absolute Gasteiger partial charge is 0.352 e. The number of urea groups is 1. The Kier molecular flexibility index (Phi) is 9.11. The summed E-state index contributed by atoms with van der Waals surface area (Å²) in [5, 5.41) is 5.92. The van der Waals surface area contributed by atoms with E-state index in [1.807, 2.05) is 37.3 Å². The third kappa shape index (κ3) is 7.06. The van der Waals surface area contributed by atoms with Crippen LogP contribution in [0.2, 0.25) is 0 Å². The molecule has 162 valence electrons. The van der Waals surface area contributed by atoms with Gasteiger partial charge in [-0.25, -0.2) is 21.5 Å². The molecule has 0 saturated heterocycles. The van der Waals surface area contributed by atoms with Crippen LogP contribution in [0.4, 0.5) is 10.5 Å². The Morgan fingerprint density at radius 1 is 1.07 bits per heavy atom. The van der Waals surface area contributed by atoms with Gasteiger partial charge in [0.25, 0.3) is 0 Å². The number of amides is 2. The van der Waals surface area contributed by atoms with Gasteiger partial charge in [-0.1, -0.05) is 47.6 Å². The van der Waals surface area contributed by atoms with Gasteiger partial charge in [0.2, 0.25) is 5.90 Å². The zero-order chi connectivity index (χ0) is 21.9. The highest BCUT2D eigenvalue weighted by molar-refractivity contribution is 5.91. The lowest BCUT2D eigenvalue weighted by molar-refractivity contribution is 0.118. The molecule has 8 heteroatoms. The first kappa shape index (κ1) is 23.2. The Morgan fingerprint density at radius 3 is 2.50 bits per heavy atom. The Morgan fingerprint density at radius 2 is 1.80 bits per heavy atom. The van der Waals surface area contributed by atoms with Crippen molar-refractivity contribution < 1.29 is 14.4 Å². The fraction of sp³-hybridized carbons (Fsp3) is 0.364. The number of ether oxygens (including phenoxy) is 1. The van der Waals surface area contributed by atoms with E-state index in [2.05, 4.69) is 17.3 Å². The number of aryl methyl sites for hydroxylation is 2. The summed E-state index contributed by atoms with van der Waals surface area (Å²) in [6, 6.07) is 15.3. The molecule has 2 amide bonds. The highest BCUT2D eigenvalue weighted by Crippen LogP contribution is 2.23. The number of nitrogens with two attached hydrogens (primary N) is 2. The van der Waals surface area contributed by atoms with Crippen LogP contribution in [0.5, 0.6) is 0 Å². The molecule has 0 aliphatic carbocycles. The Balaban J connectivity index is 1.82. The van der Waals surface area contributed by atoms with Crippen molar-refractivity contribution in [1.29, 1.82) is 0 Å². The average molecular weight is 414 g/mol. The van der Waals surface area contributed by atoms with Crippen molar-refractivity contribution in [3.8, 4) is 0 Å². The number of oxime groups is 1. The molecule has 0 radical (unpaired) electrons. The number of hydrazine groups is 2. The number of rotatable bonds is 9. The number of nitrogens with zero attached hydrogens (tertiary/aromatic N) is 3. The zero-order valence-electron chi connectivity index (χ0n) is 17.9. The van der Waals surface area contributed by atoms with E-state index in [0.29, 0.717) is 18.2 Å². The van der Waals surface area contributed by atoms with Crippen molar-refractivity contribution in [3.05, 3.63) is 65.2 Å². The van der Waals surface area contributed by atoms with Crippen LogP contribution in [0, 0.1) is 6.92 Å². The predicted octanol–water partition coefficient (Wildman–Crippen LogP) is 3.49. The third-order valence-corrected chi connectivity index (χ3v) is 4.57. The Labute approximate surface area is 178 Å². The summed E-state index contributed by atoms with van der Waals surface area (Å²) in [5.41, 5.74) is 3.50. The SMILES string of the molecule is CC(=NOCc1c(C)cccc1N(N)C(=O)N(C)N)OCCCCc1ccccc1. The molecule has 2 aromatic rings. The maximum atomic E-state index is 12.1. The standard InChI is InChI=1S/C22H31N5O3/c1-17-10-9-14-21(27(24)22(28)26(3)23)20(17)16-30-25-18(2)29-15-8-7-13-19-11-5-4-6-12-19/h4-6,9-12,14H,7-8,13,15-16,23-24H2,1-3H3. The average Bonchev–Trinajstić information content (AvgIpc) is 2.74. The summed E-state index contributed by atoms with van der Waals surface area (Å²) < 4.78 is 5.61. The van der Waals surface area contributed by atoms with E-state index < -0.39 is 6.03 Å². The maximum Gasteiger partial charge on any atom is 0.352 e. The van der Waals surface area contributed by atoms with Crippen LogP contribution in [0.15, 0.2) is 53.7 Å². The molecule has 0 heterocycles. The van der Waals surface area contributed by atoms with Crippen LogP contribution >= 0.6 is 0 Å². The topological polar surface area (TPSA) is 106 Å². The van der Waals surface area contributed by atoms with E-state index in [9.17, 15) is 4.79 Å². The molecule has 0 aliphatic heterocycles. The van der Waals surface area contributed by atoms with Crippen molar-refractivity contribution in [2.24, 2.45) is 16.8 Å². The monoisotopic (exact) mass is 413 g/mol. The van der Waals surface area contributed by atoms with E-state index in [4.69, 9.17) is 21.3 Å². The van der Waals surface area contributed by atoms with E-state index >= 15 is 0 Å².